The Kier molecular flexibility index (Phi) is 3.37. The Morgan fingerprint density at radius 1 is 1.28 bits per heavy atom. The van der Waals surface area contributed by atoms with Crippen molar-refractivity contribution in [3.63, 3.8) is 0 Å². The predicted molar refractivity (Wildman–Crippen MR) is 93.8 cm³/mol. The number of rotatable bonds is 2. The Hall–Kier alpha value is -3.17. The zero-order chi connectivity index (χ0) is 20.8. The van der Waals surface area contributed by atoms with E-state index < -0.39 is 47.5 Å². The van der Waals surface area contributed by atoms with Crippen molar-refractivity contribution < 1.29 is 39.2 Å². The zero-order valence-corrected chi connectivity index (χ0v) is 15.4. The fraction of sp³-hybridized carbons (Fsp3) is 0.350. The third-order valence-corrected chi connectivity index (χ3v) is 6.12. The number of epoxide rings is 1. The molecule has 5 rings (SSSR count). The third-order valence-electron chi connectivity index (χ3n) is 6.12. The van der Waals surface area contributed by atoms with E-state index in [2.05, 4.69) is 0 Å². The number of hydrogen-bond donors (Lipinski definition) is 3. The number of benzene rings is 1. The fourth-order valence-electron chi connectivity index (χ4n) is 4.85. The smallest absolute Gasteiger partial charge is 0.303 e. The standard InChI is InChI=1S/C20H16N2O7/c1-6(23)28-18-13-11(17(27)19-20(18,2)29-19)10-12(14(13)22-21)16(26)9-7(15(10)25)4-3-5-8(9)24/h3-5,14,17-19,22,24,27H,1-2H3. The summed E-state index contributed by atoms with van der Waals surface area (Å²) in [6.07, 6.45) is -3.00. The number of ether oxygens (including phenoxy) is 2. The molecule has 1 aliphatic heterocycles. The van der Waals surface area contributed by atoms with Crippen LogP contribution in [0.15, 0.2) is 40.5 Å². The molecule has 0 radical (unpaired) electrons. The van der Waals surface area contributed by atoms with Crippen molar-refractivity contribution in [2.24, 2.45) is 0 Å². The molecule has 9 heteroatoms. The third kappa shape index (κ3) is 2.03. The van der Waals surface area contributed by atoms with Crippen molar-refractivity contribution in [2.45, 2.75) is 43.8 Å². The summed E-state index contributed by atoms with van der Waals surface area (Å²) in [5, 5.41) is 23.1. The molecule has 148 valence electrons. The summed E-state index contributed by atoms with van der Waals surface area (Å²) >= 11 is 0. The van der Waals surface area contributed by atoms with Crippen LogP contribution in [0.5, 0.6) is 5.75 Å². The molecule has 0 bridgehead atoms. The number of carbonyl (C=O) groups is 3. The summed E-state index contributed by atoms with van der Waals surface area (Å²) in [5.74, 6) is -2.19. The number of phenolic OH excluding ortho intramolecular Hbond substituents is 1. The molecule has 0 saturated carbocycles. The molecule has 3 aliphatic carbocycles. The van der Waals surface area contributed by atoms with Crippen molar-refractivity contribution in [2.75, 3.05) is 0 Å². The van der Waals surface area contributed by atoms with Gasteiger partial charge in [-0.3, -0.25) is 14.4 Å². The molecule has 5 atom stereocenters. The van der Waals surface area contributed by atoms with Gasteiger partial charge in [0.1, 0.15) is 23.6 Å². The molecule has 1 saturated heterocycles. The van der Waals surface area contributed by atoms with E-state index in [1.807, 2.05) is 5.11 Å². The van der Waals surface area contributed by atoms with Gasteiger partial charge in [0, 0.05) is 23.6 Å². The molecule has 1 heterocycles. The number of phenols is 1. The van der Waals surface area contributed by atoms with Crippen molar-refractivity contribution in [1.82, 2.24) is 0 Å². The summed E-state index contributed by atoms with van der Waals surface area (Å²) in [7, 11) is 0. The first-order valence-electron chi connectivity index (χ1n) is 9.05. The van der Waals surface area contributed by atoms with Gasteiger partial charge in [-0.15, -0.1) is 0 Å². The molecular weight excluding hydrogens is 380 g/mol. The Morgan fingerprint density at radius 2 is 2.00 bits per heavy atom. The van der Waals surface area contributed by atoms with Crippen LogP contribution in [0.25, 0.3) is 5.53 Å². The van der Waals surface area contributed by atoms with Gasteiger partial charge in [0.15, 0.2) is 17.9 Å². The topological polar surface area (TPSA) is 150 Å². The van der Waals surface area contributed by atoms with Gasteiger partial charge in [0.05, 0.1) is 16.7 Å². The molecule has 4 aliphatic rings. The Balaban J connectivity index is 1.76. The van der Waals surface area contributed by atoms with Gasteiger partial charge in [-0.2, -0.15) is 0 Å². The monoisotopic (exact) mass is 396 g/mol. The van der Waals surface area contributed by atoms with Crippen LogP contribution in [-0.2, 0) is 14.3 Å². The first-order valence-corrected chi connectivity index (χ1v) is 9.05. The summed E-state index contributed by atoms with van der Waals surface area (Å²) in [5.41, 5.74) is 8.83. The first-order chi connectivity index (χ1) is 13.7. The Morgan fingerprint density at radius 3 is 2.66 bits per heavy atom. The van der Waals surface area contributed by atoms with E-state index in [1.165, 1.54) is 25.1 Å². The highest BCUT2D eigenvalue weighted by atomic mass is 16.7. The molecule has 9 nitrogen and oxygen atoms in total. The lowest BCUT2D eigenvalue weighted by molar-refractivity contribution is -0.503. The number of ketones is 2. The number of nitrogens with one attached hydrogen (secondary N) is 1. The number of hydrogen-bond acceptors (Lipinski definition) is 7. The van der Waals surface area contributed by atoms with E-state index in [-0.39, 0.29) is 39.2 Å². The molecule has 0 spiro atoms. The van der Waals surface area contributed by atoms with E-state index in [4.69, 9.17) is 9.47 Å². The van der Waals surface area contributed by atoms with Crippen LogP contribution in [-0.4, -0.2) is 57.7 Å². The highest BCUT2D eigenvalue weighted by molar-refractivity contribution is 6.31. The minimum atomic E-state index is -1.25. The second-order valence-corrected chi connectivity index (χ2v) is 7.73. The largest absolute Gasteiger partial charge is 0.508 e. The second kappa shape index (κ2) is 5.46. The maximum Gasteiger partial charge on any atom is 0.303 e. The second-order valence-electron chi connectivity index (χ2n) is 7.73. The van der Waals surface area contributed by atoms with Gasteiger partial charge in [-0.1, -0.05) is 12.1 Å². The van der Waals surface area contributed by atoms with E-state index in [0.717, 1.165) is 0 Å². The summed E-state index contributed by atoms with van der Waals surface area (Å²) in [4.78, 5) is 38.2. The number of esters is 1. The molecule has 1 aromatic rings. The van der Waals surface area contributed by atoms with Gasteiger partial charge in [0.25, 0.3) is 0 Å². The SMILES string of the molecule is CC(=O)OC1C2=C(C3=C(C(=O)c4c(O)cccc4C3=O)C2[NH+]=[N-])C(O)C2OC12C. The molecule has 3 N–H and O–H groups in total. The van der Waals surface area contributed by atoms with Gasteiger partial charge < -0.3 is 30.3 Å². The van der Waals surface area contributed by atoms with Gasteiger partial charge in [-0.05, 0) is 13.0 Å². The lowest BCUT2D eigenvalue weighted by atomic mass is 9.78. The Bertz CT molecular complexity index is 1120. The minimum Gasteiger partial charge on any atom is -0.508 e. The number of nitrogens with zero attached hydrogens (tertiary/aromatic N) is 1. The van der Waals surface area contributed by atoms with Crippen LogP contribution in [0, 0.1) is 0 Å². The molecule has 29 heavy (non-hydrogen) atoms. The van der Waals surface area contributed by atoms with Crippen LogP contribution >= 0.6 is 0 Å². The number of aliphatic hydroxyl groups excluding tert-OH is 1. The molecular formula is C20H16N2O7. The van der Waals surface area contributed by atoms with Crippen molar-refractivity contribution in [3.8, 4) is 5.75 Å². The van der Waals surface area contributed by atoms with Crippen LogP contribution in [0.3, 0.4) is 0 Å². The van der Waals surface area contributed by atoms with E-state index in [0.29, 0.717) is 0 Å². The number of carbonyl (C=O) groups excluding carboxylic acids is 3. The van der Waals surface area contributed by atoms with Crippen molar-refractivity contribution in [1.29, 1.82) is 0 Å². The minimum absolute atomic E-state index is 0.000441. The normalized spacial score (nSPS) is 34.3. The van der Waals surface area contributed by atoms with Crippen LogP contribution in [0.1, 0.15) is 34.6 Å². The number of fused-ring (bicyclic) bond motifs is 3. The van der Waals surface area contributed by atoms with E-state index in [1.54, 1.807) is 6.92 Å². The molecule has 1 fully saturated rings. The van der Waals surface area contributed by atoms with Gasteiger partial charge in [0.2, 0.25) is 5.78 Å². The van der Waals surface area contributed by atoms with E-state index in [9.17, 15) is 30.1 Å². The van der Waals surface area contributed by atoms with Crippen LogP contribution in [0.4, 0.5) is 0 Å². The molecule has 1 aromatic carbocycles. The highest BCUT2D eigenvalue weighted by Gasteiger charge is 2.71. The maximum absolute atomic E-state index is 13.3. The quantitative estimate of drug-likeness (QED) is 0.340. The molecule has 0 amide bonds. The maximum atomic E-state index is 13.3. The Labute approximate surface area is 164 Å². The van der Waals surface area contributed by atoms with Crippen molar-refractivity contribution >= 4 is 17.5 Å². The van der Waals surface area contributed by atoms with Crippen LogP contribution in [0.2, 0.25) is 0 Å². The number of Topliss-reactive ketones (excluding diaryl/α,β-unsaturated/α-hetero) is 2. The lowest BCUT2D eigenvalue weighted by Gasteiger charge is -2.30. The number of aromatic hydroxyl groups is 1. The van der Waals surface area contributed by atoms with Crippen molar-refractivity contribution in [3.05, 3.63) is 57.1 Å². The summed E-state index contributed by atoms with van der Waals surface area (Å²) in [6, 6.07) is 2.94. The first kappa shape index (κ1) is 17.9. The summed E-state index contributed by atoms with van der Waals surface area (Å²) in [6.45, 7) is 2.86. The van der Waals surface area contributed by atoms with Crippen LogP contribution < -0.4 is 5.11 Å². The molecule has 5 unspecified atom stereocenters. The number of aliphatic hydroxyl groups is 1. The lowest BCUT2D eigenvalue weighted by Crippen LogP contribution is -2.74. The van der Waals surface area contributed by atoms with Gasteiger partial charge in [-0.25, -0.2) is 0 Å². The van der Waals surface area contributed by atoms with Gasteiger partial charge >= 0.3 is 5.97 Å². The fourth-order valence-corrected chi connectivity index (χ4v) is 4.85. The van der Waals surface area contributed by atoms with E-state index >= 15 is 0 Å². The summed E-state index contributed by atoms with van der Waals surface area (Å²) < 4.78 is 11.1. The average Bonchev–Trinajstić information content (AvgIpc) is 3.25. The highest BCUT2D eigenvalue weighted by Crippen LogP contribution is 2.57. The zero-order valence-electron chi connectivity index (χ0n) is 15.4. The average molecular weight is 396 g/mol. The predicted octanol–water partition coefficient (Wildman–Crippen LogP) is -0.688. The molecule has 0 aromatic heterocycles.